The molecule has 1 rings (SSSR count). The number of carbonyl (C=O) groups is 1. The second-order valence-electron chi connectivity index (χ2n) is 5.22. The predicted octanol–water partition coefficient (Wildman–Crippen LogP) is 5.00. The molecule has 0 aromatic heterocycles. The Balaban J connectivity index is 2.34. The van der Waals surface area contributed by atoms with E-state index in [-0.39, 0.29) is 5.91 Å². The van der Waals surface area contributed by atoms with E-state index in [1.807, 2.05) is 24.3 Å². The molecule has 0 saturated carbocycles. The topological polar surface area (TPSA) is 29.1 Å². The van der Waals surface area contributed by atoms with Gasteiger partial charge in [-0.1, -0.05) is 18.6 Å². The van der Waals surface area contributed by atoms with Crippen LogP contribution in [0.15, 0.2) is 35.9 Å². The van der Waals surface area contributed by atoms with Crippen LogP contribution in [0.3, 0.4) is 0 Å². The normalized spacial score (nSPS) is 11.8. The molecule has 0 aliphatic carbocycles. The zero-order valence-electron chi connectivity index (χ0n) is 11.9. The zero-order valence-corrected chi connectivity index (χ0v) is 14.0. The number of amides is 1. The molecule has 0 aliphatic rings. The Labute approximate surface area is 129 Å². The minimum Gasteiger partial charge on any atom is -0.326 e. The van der Waals surface area contributed by atoms with Gasteiger partial charge >= 0.3 is 0 Å². The molecule has 3 heteroatoms. The summed E-state index contributed by atoms with van der Waals surface area (Å²) in [5, 5.41) is 2.94. The number of rotatable bonds is 6. The number of allylic oxidation sites excluding steroid dienone is 2. The average molecular weight is 371 g/mol. The molecule has 0 heterocycles. The van der Waals surface area contributed by atoms with E-state index in [0.29, 0.717) is 12.3 Å². The fourth-order valence-corrected chi connectivity index (χ4v) is 2.18. The van der Waals surface area contributed by atoms with E-state index in [1.165, 1.54) is 9.14 Å². The van der Waals surface area contributed by atoms with E-state index >= 15 is 0 Å². The van der Waals surface area contributed by atoms with Crippen molar-refractivity contribution in [2.45, 2.75) is 40.0 Å². The van der Waals surface area contributed by atoms with Crippen LogP contribution in [0.2, 0.25) is 0 Å². The molecule has 19 heavy (non-hydrogen) atoms. The Morgan fingerprint density at radius 3 is 2.53 bits per heavy atom. The molecule has 1 aromatic rings. The summed E-state index contributed by atoms with van der Waals surface area (Å²) in [4.78, 5) is 11.9. The molecular formula is C16H22INO. The van der Waals surface area contributed by atoms with Gasteiger partial charge in [-0.05, 0) is 79.5 Å². The summed E-state index contributed by atoms with van der Waals surface area (Å²) in [7, 11) is 0. The molecule has 1 aromatic carbocycles. The van der Waals surface area contributed by atoms with Crippen LogP contribution in [0.25, 0.3) is 0 Å². The number of halogens is 1. The number of hydrogen-bond acceptors (Lipinski definition) is 1. The van der Waals surface area contributed by atoms with Gasteiger partial charge in [0.05, 0.1) is 0 Å². The van der Waals surface area contributed by atoms with Gasteiger partial charge in [0.15, 0.2) is 0 Å². The quantitative estimate of drug-likeness (QED) is 0.553. The monoisotopic (exact) mass is 371 g/mol. The summed E-state index contributed by atoms with van der Waals surface area (Å²) in [6, 6.07) is 7.86. The van der Waals surface area contributed by atoms with Crippen LogP contribution in [0, 0.1) is 9.49 Å². The smallest absolute Gasteiger partial charge is 0.224 e. The molecule has 0 saturated heterocycles. The van der Waals surface area contributed by atoms with Crippen molar-refractivity contribution < 1.29 is 4.79 Å². The Morgan fingerprint density at radius 2 is 1.95 bits per heavy atom. The van der Waals surface area contributed by atoms with Gasteiger partial charge in [-0.3, -0.25) is 4.79 Å². The Bertz CT molecular complexity index is 433. The molecule has 1 atom stereocenters. The number of hydrogen-bond donors (Lipinski definition) is 1. The first kappa shape index (κ1) is 16.2. The molecule has 104 valence electrons. The number of nitrogens with one attached hydrogen (secondary N) is 1. The van der Waals surface area contributed by atoms with Gasteiger partial charge < -0.3 is 5.32 Å². The van der Waals surface area contributed by atoms with E-state index in [4.69, 9.17) is 0 Å². The second kappa shape index (κ2) is 8.35. The Hall–Kier alpha value is -0.840. The highest BCUT2D eigenvalue weighted by Crippen LogP contribution is 2.15. The van der Waals surface area contributed by atoms with Gasteiger partial charge in [0, 0.05) is 15.7 Å². The molecule has 0 fully saturated rings. The molecule has 2 nitrogen and oxygen atoms in total. The molecule has 0 bridgehead atoms. The molecule has 1 unspecified atom stereocenters. The number of anilines is 1. The lowest BCUT2D eigenvalue weighted by Crippen LogP contribution is -2.15. The molecule has 1 N–H and O–H groups in total. The lowest BCUT2D eigenvalue weighted by molar-refractivity contribution is -0.117. The molecule has 0 radical (unpaired) electrons. The first-order valence-corrected chi connectivity index (χ1v) is 7.74. The van der Waals surface area contributed by atoms with Crippen LogP contribution in [0.1, 0.15) is 40.0 Å². The highest BCUT2D eigenvalue weighted by molar-refractivity contribution is 14.1. The third-order valence-electron chi connectivity index (χ3n) is 2.87. The van der Waals surface area contributed by atoms with Crippen LogP contribution in [0.5, 0.6) is 0 Å². The van der Waals surface area contributed by atoms with Crippen molar-refractivity contribution in [2.75, 3.05) is 5.32 Å². The predicted molar refractivity (Wildman–Crippen MR) is 90.2 cm³/mol. The summed E-state index contributed by atoms with van der Waals surface area (Å²) in [5.41, 5.74) is 2.22. The van der Waals surface area contributed by atoms with Gasteiger partial charge in [0.25, 0.3) is 0 Å². The Morgan fingerprint density at radius 1 is 1.32 bits per heavy atom. The second-order valence-corrected chi connectivity index (χ2v) is 6.47. The van der Waals surface area contributed by atoms with E-state index in [2.05, 4.69) is 54.8 Å². The highest BCUT2D eigenvalue weighted by atomic mass is 127. The largest absolute Gasteiger partial charge is 0.326 e. The molecule has 0 aliphatic heterocycles. The number of carbonyl (C=O) groups excluding carboxylic acids is 1. The van der Waals surface area contributed by atoms with Crippen molar-refractivity contribution in [1.29, 1.82) is 0 Å². The minimum absolute atomic E-state index is 0.103. The molecule has 1 amide bonds. The van der Waals surface area contributed by atoms with Crippen LogP contribution in [0.4, 0.5) is 5.69 Å². The lowest BCUT2D eigenvalue weighted by Gasteiger charge is -2.10. The fraction of sp³-hybridized carbons (Fsp3) is 0.438. The third kappa shape index (κ3) is 7.35. The van der Waals surface area contributed by atoms with Crippen LogP contribution < -0.4 is 5.32 Å². The van der Waals surface area contributed by atoms with Gasteiger partial charge in [0.2, 0.25) is 5.91 Å². The van der Waals surface area contributed by atoms with Gasteiger partial charge in [0.1, 0.15) is 0 Å². The minimum atomic E-state index is 0.103. The highest BCUT2D eigenvalue weighted by Gasteiger charge is 2.08. The van der Waals surface area contributed by atoms with E-state index in [0.717, 1.165) is 18.5 Å². The molecular weight excluding hydrogens is 349 g/mol. The van der Waals surface area contributed by atoms with Crippen LogP contribution in [-0.4, -0.2) is 5.91 Å². The molecule has 0 spiro atoms. The van der Waals surface area contributed by atoms with Gasteiger partial charge in [-0.25, -0.2) is 0 Å². The summed E-state index contributed by atoms with van der Waals surface area (Å²) < 4.78 is 1.17. The van der Waals surface area contributed by atoms with E-state index in [1.54, 1.807) is 0 Å². The third-order valence-corrected chi connectivity index (χ3v) is 3.59. The Kier molecular flexibility index (Phi) is 7.13. The van der Waals surface area contributed by atoms with E-state index < -0.39 is 0 Å². The van der Waals surface area contributed by atoms with Crippen LogP contribution in [-0.2, 0) is 4.79 Å². The lowest BCUT2D eigenvalue weighted by atomic mass is 10.0. The van der Waals surface area contributed by atoms with Crippen molar-refractivity contribution in [2.24, 2.45) is 5.92 Å². The number of benzene rings is 1. The van der Waals surface area contributed by atoms with Crippen molar-refractivity contribution in [1.82, 2.24) is 0 Å². The van der Waals surface area contributed by atoms with Crippen molar-refractivity contribution in [3.05, 3.63) is 39.5 Å². The standard InChI is InChI=1S/C16H22INO/c1-12(2)5-4-6-13(3)11-16(19)18-15-9-7-14(17)8-10-15/h5,7-10,13H,4,6,11H2,1-3H3,(H,18,19). The zero-order chi connectivity index (χ0) is 14.3. The maximum absolute atomic E-state index is 11.9. The summed E-state index contributed by atoms with van der Waals surface area (Å²) >= 11 is 2.25. The van der Waals surface area contributed by atoms with Crippen molar-refractivity contribution in [3.8, 4) is 0 Å². The SMILES string of the molecule is CC(C)=CCCC(C)CC(=O)Nc1ccc(I)cc1. The average Bonchev–Trinajstić information content (AvgIpc) is 2.31. The first-order chi connectivity index (χ1) is 8.97. The fourth-order valence-electron chi connectivity index (χ4n) is 1.82. The first-order valence-electron chi connectivity index (χ1n) is 6.66. The van der Waals surface area contributed by atoms with Crippen molar-refractivity contribution >= 4 is 34.2 Å². The summed E-state index contributed by atoms with van der Waals surface area (Å²) in [6.45, 7) is 6.34. The van der Waals surface area contributed by atoms with Crippen molar-refractivity contribution in [3.63, 3.8) is 0 Å². The van der Waals surface area contributed by atoms with Gasteiger partial charge in [-0.2, -0.15) is 0 Å². The maximum atomic E-state index is 11.9. The summed E-state index contributed by atoms with van der Waals surface area (Å²) in [6.07, 6.45) is 4.93. The van der Waals surface area contributed by atoms with Crippen LogP contribution >= 0.6 is 22.6 Å². The van der Waals surface area contributed by atoms with Gasteiger partial charge in [-0.15, -0.1) is 0 Å². The van der Waals surface area contributed by atoms with E-state index in [9.17, 15) is 4.79 Å². The maximum Gasteiger partial charge on any atom is 0.224 e. The summed E-state index contributed by atoms with van der Waals surface area (Å²) in [5.74, 6) is 0.519.